The highest BCUT2D eigenvalue weighted by Gasteiger charge is 2.06. The zero-order valence-corrected chi connectivity index (χ0v) is 13.2. The van der Waals surface area contributed by atoms with E-state index in [0.717, 1.165) is 11.3 Å². The third kappa shape index (κ3) is 4.78. The Hall–Kier alpha value is -2.95. The van der Waals surface area contributed by atoms with E-state index in [2.05, 4.69) is 15.8 Å². The number of amides is 2. The summed E-state index contributed by atoms with van der Waals surface area (Å²) in [6.45, 7) is 3.61. The molecule has 2 amide bonds. The van der Waals surface area contributed by atoms with Crippen molar-refractivity contribution >= 4 is 23.2 Å². The molecule has 0 aliphatic carbocycles. The minimum Gasteiger partial charge on any atom is -0.326 e. The van der Waals surface area contributed by atoms with Crippen molar-refractivity contribution in [3.05, 3.63) is 65.7 Å². The molecule has 2 rings (SSSR count). The zero-order valence-electron chi connectivity index (χ0n) is 13.2. The zero-order chi connectivity index (χ0) is 16.7. The molecule has 0 aliphatic rings. The predicted octanol–water partition coefficient (Wildman–Crippen LogP) is 3.19. The second kappa shape index (κ2) is 7.89. The van der Waals surface area contributed by atoms with E-state index in [9.17, 15) is 9.59 Å². The van der Waals surface area contributed by atoms with E-state index >= 15 is 0 Å². The Balaban J connectivity index is 1.99. The molecule has 5 nitrogen and oxygen atoms in total. The smallest absolute Gasteiger partial charge is 0.271 e. The van der Waals surface area contributed by atoms with E-state index < -0.39 is 0 Å². The molecule has 23 heavy (non-hydrogen) atoms. The van der Waals surface area contributed by atoms with Crippen molar-refractivity contribution in [1.29, 1.82) is 0 Å². The van der Waals surface area contributed by atoms with Gasteiger partial charge in [-0.1, -0.05) is 37.3 Å². The number of benzene rings is 2. The molecule has 0 saturated carbocycles. The topological polar surface area (TPSA) is 70.6 Å². The highest BCUT2D eigenvalue weighted by Crippen LogP contribution is 2.10. The van der Waals surface area contributed by atoms with Crippen LogP contribution >= 0.6 is 0 Å². The molecule has 0 heterocycles. The van der Waals surface area contributed by atoms with E-state index in [1.54, 1.807) is 31.2 Å². The number of hydrogen-bond donors (Lipinski definition) is 2. The van der Waals surface area contributed by atoms with Gasteiger partial charge in [0.05, 0.1) is 5.71 Å². The Labute approximate surface area is 135 Å². The molecule has 2 aromatic carbocycles. The molecule has 0 bridgehead atoms. The van der Waals surface area contributed by atoms with Crippen LogP contribution in [0.1, 0.15) is 36.2 Å². The van der Waals surface area contributed by atoms with Crippen molar-refractivity contribution in [2.24, 2.45) is 5.10 Å². The number of hydrazone groups is 1. The lowest BCUT2D eigenvalue weighted by Gasteiger charge is -2.05. The average Bonchev–Trinajstić information content (AvgIpc) is 2.60. The second-order valence-electron chi connectivity index (χ2n) is 4.98. The van der Waals surface area contributed by atoms with Crippen molar-refractivity contribution in [1.82, 2.24) is 5.43 Å². The molecular weight excluding hydrogens is 290 g/mol. The lowest BCUT2D eigenvalue weighted by atomic mass is 10.1. The van der Waals surface area contributed by atoms with Crippen LogP contribution < -0.4 is 10.7 Å². The van der Waals surface area contributed by atoms with Crippen molar-refractivity contribution < 1.29 is 9.59 Å². The van der Waals surface area contributed by atoms with E-state index in [1.807, 2.05) is 37.3 Å². The van der Waals surface area contributed by atoms with Gasteiger partial charge in [-0.05, 0) is 36.8 Å². The molecule has 0 saturated heterocycles. The predicted molar refractivity (Wildman–Crippen MR) is 91.5 cm³/mol. The van der Waals surface area contributed by atoms with Gasteiger partial charge in [-0.25, -0.2) is 5.43 Å². The summed E-state index contributed by atoms with van der Waals surface area (Å²) in [6.07, 6.45) is 0.412. The van der Waals surface area contributed by atoms with Gasteiger partial charge in [0.15, 0.2) is 0 Å². The van der Waals surface area contributed by atoms with Crippen LogP contribution in [-0.4, -0.2) is 17.5 Å². The van der Waals surface area contributed by atoms with Gasteiger partial charge in [-0.15, -0.1) is 0 Å². The molecular formula is C18H19N3O2. The van der Waals surface area contributed by atoms with Gasteiger partial charge in [-0.2, -0.15) is 5.10 Å². The number of carbonyl (C=O) groups is 2. The summed E-state index contributed by atoms with van der Waals surface area (Å²) in [6, 6.07) is 16.3. The molecule has 118 valence electrons. The SMILES string of the molecule is CCC(=O)Nc1ccc(C(=O)N/N=C(/C)c2ccccc2)cc1. The fourth-order valence-electron chi connectivity index (χ4n) is 1.90. The highest BCUT2D eigenvalue weighted by atomic mass is 16.2. The molecule has 0 aromatic heterocycles. The first-order valence-electron chi connectivity index (χ1n) is 7.40. The third-order valence-corrected chi connectivity index (χ3v) is 3.27. The molecule has 2 aromatic rings. The maximum atomic E-state index is 12.1. The number of hydrogen-bond acceptors (Lipinski definition) is 3. The lowest BCUT2D eigenvalue weighted by molar-refractivity contribution is -0.115. The Morgan fingerprint density at radius 1 is 0.957 bits per heavy atom. The van der Waals surface area contributed by atoms with Crippen LogP contribution in [0.3, 0.4) is 0 Å². The van der Waals surface area contributed by atoms with Crippen molar-refractivity contribution in [2.75, 3.05) is 5.32 Å². The van der Waals surface area contributed by atoms with Crippen LogP contribution in [0.4, 0.5) is 5.69 Å². The summed E-state index contributed by atoms with van der Waals surface area (Å²) in [5.41, 5.74) is 5.35. The standard InChI is InChI=1S/C18H19N3O2/c1-3-17(22)19-16-11-9-15(10-12-16)18(23)21-20-13(2)14-7-5-4-6-8-14/h4-12H,3H2,1-2H3,(H,19,22)(H,21,23)/b20-13-. The summed E-state index contributed by atoms with van der Waals surface area (Å²) in [7, 11) is 0. The highest BCUT2D eigenvalue weighted by molar-refractivity contribution is 6.01. The number of nitrogens with one attached hydrogen (secondary N) is 2. The molecule has 0 aliphatic heterocycles. The van der Waals surface area contributed by atoms with Crippen molar-refractivity contribution in [2.45, 2.75) is 20.3 Å². The van der Waals surface area contributed by atoms with Gasteiger partial charge in [0.1, 0.15) is 0 Å². The minimum absolute atomic E-state index is 0.0645. The summed E-state index contributed by atoms with van der Waals surface area (Å²) >= 11 is 0. The number of carbonyl (C=O) groups excluding carboxylic acids is 2. The van der Waals surface area contributed by atoms with Crippen LogP contribution in [0, 0.1) is 0 Å². The van der Waals surface area contributed by atoms with Gasteiger partial charge < -0.3 is 5.32 Å². The van der Waals surface area contributed by atoms with Crippen LogP contribution in [-0.2, 0) is 4.79 Å². The lowest BCUT2D eigenvalue weighted by Crippen LogP contribution is -2.19. The monoisotopic (exact) mass is 309 g/mol. The normalized spacial score (nSPS) is 11.0. The number of nitrogens with zero attached hydrogens (tertiary/aromatic N) is 1. The van der Waals surface area contributed by atoms with Gasteiger partial charge in [0.25, 0.3) is 5.91 Å². The first kappa shape index (κ1) is 16.4. The Morgan fingerprint density at radius 3 is 2.22 bits per heavy atom. The number of anilines is 1. The van der Waals surface area contributed by atoms with Gasteiger partial charge in [0.2, 0.25) is 5.91 Å². The van der Waals surface area contributed by atoms with Crippen LogP contribution in [0.15, 0.2) is 59.7 Å². The number of rotatable bonds is 5. The minimum atomic E-state index is -0.298. The molecule has 0 radical (unpaired) electrons. The maximum absolute atomic E-state index is 12.1. The average molecular weight is 309 g/mol. The molecule has 2 N–H and O–H groups in total. The summed E-state index contributed by atoms with van der Waals surface area (Å²) in [4.78, 5) is 23.4. The fraction of sp³-hybridized carbons (Fsp3) is 0.167. The van der Waals surface area contributed by atoms with E-state index in [-0.39, 0.29) is 11.8 Å². The molecule has 0 unspecified atom stereocenters. The van der Waals surface area contributed by atoms with Crippen molar-refractivity contribution in [3.8, 4) is 0 Å². The van der Waals surface area contributed by atoms with Gasteiger partial charge >= 0.3 is 0 Å². The summed E-state index contributed by atoms with van der Waals surface area (Å²) in [5.74, 6) is -0.362. The van der Waals surface area contributed by atoms with Gasteiger partial charge in [0, 0.05) is 17.7 Å². The maximum Gasteiger partial charge on any atom is 0.271 e. The molecule has 0 fully saturated rings. The van der Waals surface area contributed by atoms with Crippen LogP contribution in [0.2, 0.25) is 0 Å². The van der Waals surface area contributed by atoms with E-state index in [1.165, 1.54) is 0 Å². The quantitative estimate of drug-likeness (QED) is 0.658. The largest absolute Gasteiger partial charge is 0.326 e. The molecule has 0 spiro atoms. The Morgan fingerprint density at radius 2 is 1.61 bits per heavy atom. The van der Waals surface area contributed by atoms with Crippen molar-refractivity contribution in [3.63, 3.8) is 0 Å². The first-order chi connectivity index (χ1) is 11.1. The van der Waals surface area contributed by atoms with Gasteiger partial charge in [-0.3, -0.25) is 9.59 Å². The Kier molecular flexibility index (Phi) is 5.63. The van der Waals surface area contributed by atoms with Crippen LogP contribution in [0.25, 0.3) is 0 Å². The summed E-state index contributed by atoms with van der Waals surface area (Å²) < 4.78 is 0. The van der Waals surface area contributed by atoms with E-state index in [4.69, 9.17) is 0 Å². The molecule has 0 atom stereocenters. The fourth-order valence-corrected chi connectivity index (χ4v) is 1.90. The summed E-state index contributed by atoms with van der Waals surface area (Å²) in [5, 5.41) is 6.83. The Bertz CT molecular complexity index is 707. The van der Waals surface area contributed by atoms with E-state index in [0.29, 0.717) is 17.7 Å². The molecule has 5 heteroatoms. The van der Waals surface area contributed by atoms with Crippen LogP contribution in [0.5, 0.6) is 0 Å². The third-order valence-electron chi connectivity index (χ3n) is 3.27. The first-order valence-corrected chi connectivity index (χ1v) is 7.40. The second-order valence-corrected chi connectivity index (χ2v) is 4.98.